The van der Waals surface area contributed by atoms with E-state index in [0.29, 0.717) is 18.0 Å². The highest BCUT2D eigenvalue weighted by atomic mass is 32.2. The van der Waals surface area contributed by atoms with Crippen LogP contribution in [-0.2, 0) is 0 Å². The van der Waals surface area contributed by atoms with Crippen LogP contribution in [0.5, 0.6) is 0 Å². The number of thioether (sulfide) groups is 1. The van der Waals surface area contributed by atoms with Crippen LogP contribution in [0.3, 0.4) is 0 Å². The van der Waals surface area contributed by atoms with Crippen molar-refractivity contribution in [2.75, 3.05) is 24.7 Å². The lowest BCUT2D eigenvalue weighted by molar-refractivity contribution is 0.0946. The molecule has 0 bridgehead atoms. The Morgan fingerprint density at radius 1 is 1.24 bits per heavy atom. The van der Waals surface area contributed by atoms with E-state index in [9.17, 15) is 13.6 Å². The molecule has 2 heterocycles. The lowest BCUT2D eigenvalue weighted by atomic mass is 10.2. The average molecular weight is 381 g/mol. The topological polar surface area (TPSA) is 79.8 Å². The quantitative estimate of drug-likeness (QED) is 0.505. The summed E-state index contributed by atoms with van der Waals surface area (Å²) in [5.41, 5.74) is 0.0170. The third-order valence-electron chi connectivity index (χ3n) is 3.24. The fraction of sp³-hybridized carbons (Fsp3) is 0.200. The van der Waals surface area contributed by atoms with Crippen molar-refractivity contribution in [3.63, 3.8) is 0 Å². The molecular weight excluding hydrogens is 368 g/mol. The highest BCUT2D eigenvalue weighted by Crippen LogP contribution is 2.30. The van der Waals surface area contributed by atoms with Gasteiger partial charge in [0.25, 0.3) is 5.91 Å². The van der Waals surface area contributed by atoms with Crippen LogP contribution in [0.1, 0.15) is 10.4 Å². The van der Waals surface area contributed by atoms with Gasteiger partial charge in [0, 0.05) is 13.1 Å². The number of aromatic nitrogens is 3. The van der Waals surface area contributed by atoms with Gasteiger partial charge in [0.05, 0.1) is 0 Å². The zero-order valence-corrected chi connectivity index (χ0v) is 14.7. The van der Waals surface area contributed by atoms with E-state index >= 15 is 0 Å². The molecule has 25 heavy (non-hydrogen) atoms. The average Bonchev–Trinajstić information content (AvgIpc) is 3.02. The van der Waals surface area contributed by atoms with Crippen LogP contribution in [0, 0.1) is 11.6 Å². The fourth-order valence-electron chi connectivity index (χ4n) is 2.11. The van der Waals surface area contributed by atoms with Crippen molar-refractivity contribution >= 4 is 45.2 Å². The lowest BCUT2D eigenvalue weighted by Gasteiger charge is -2.08. The van der Waals surface area contributed by atoms with Crippen molar-refractivity contribution in [2.45, 2.75) is 4.34 Å². The molecule has 0 aliphatic carbocycles. The summed E-state index contributed by atoms with van der Waals surface area (Å²) < 4.78 is 28.8. The molecule has 3 rings (SSSR count). The van der Waals surface area contributed by atoms with Crippen LogP contribution in [0.4, 0.5) is 14.6 Å². The second-order valence-corrected chi connectivity index (χ2v) is 6.89. The van der Waals surface area contributed by atoms with E-state index in [4.69, 9.17) is 0 Å². The Kier molecular flexibility index (Phi) is 5.39. The maximum Gasteiger partial charge on any atom is 0.257 e. The molecule has 0 radical (unpaired) electrons. The monoisotopic (exact) mass is 381 g/mol. The molecule has 0 unspecified atom stereocenters. The number of anilines is 1. The molecule has 0 saturated heterocycles. The Morgan fingerprint density at radius 3 is 2.72 bits per heavy atom. The number of nitrogens with one attached hydrogen (secondary N) is 2. The smallest absolute Gasteiger partial charge is 0.257 e. The minimum Gasteiger partial charge on any atom is -0.367 e. The number of hydrogen-bond acceptors (Lipinski definition) is 7. The van der Waals surface area contributed by atoms with Crippen molar-refractivity contribution < 1.29 is 13.6 Å². The van der Waals surface area contributed by atoms with Crippen molar-refractivity contribution in [1.29, 1.82) is 0 Å². The Balaban J connectivity index is 1.60. The van der Waals surface area contributed by atoms with Crippen LogP contribution in [0.2, 0.25) is 0 Å². The van der Waals surface area contributed by atoms with Gasteiger partial charge in [-0.05, 0) is 18.4 Å². The van der Waals surface area contributed by atoms with Gasteiger partial charge in [0.15, 0.2) is 9.99 Å². The molecule has 2 N–H and O–H groups in total. The normalized spacial score (nSPS) is 10.8. The molecule has 130 valence electrons. The first kappa shape index (κ1) is 17.5. The summed E-state index contributed by atoms with van der Waals surface area (Å²) in [6.07, 6.45) is 3.33. The number of hydrogen-bond donors (Lipinski definition) is 2. The Morgan fingerprint density at radius 2 is 2.00 bits per heavy atom. The van der Waals surface area contributed by atoms with E-state index < -0.39 is 23.1 Å². The largest absolute Gasteiger partial charge is 0.367 e. The fourth-order valence-corrected chi connectivity index (χ4v) is 3.59. The number of fused-ring (bicyclic) bond motifs is 1. The zero-order chi connectivity index (χ0) is 17.8. The molecule has 6 nitrogen and oxygen atoms in total. The molecule has 1 amide bonds. The van der Waals surface area contributed by atoms with Crippen LogP contribution in [-0.4, -0.2) is 40.2 Å². The zero-order valence-electron chi connectivity index (χ0n) is 13.0. The maximum atomic E-state index is 13.5. The molecular formula is C15H13F2N5OS2. The van der Waals surface area contributed by atoms with Gasteiger partial charge in [0.1, 0.15) is 34.0 Å². The van der Waals surface area contributed by atoms with Crippen LogP contribution < -0.4 is 10.6 Å². The molecule has 0 fully saturated rings. The maximum absolute atomic E-state index is 13.5. The second kappa shape index (κ2) is 7.70. The van der Waals surface area contributed by atoms with E-state index in [1.807, 2.05) is 6.26 Å². The summed E-state index contributed by atoms with van der Waals surface area (Å²) in [4.78, 5) is 24.5. The van der Waals surface area contributed by atoms with Gasteiger partial charge in [-0.1, -0.05) is 17.8 Å². The Hall–Kier alpha value is -2.33. The molecule has 1 aromatic carbocycles. The molecule has 2 aromatic heterocycles. The third kappa shape index (κ3) is 3.85. The summed E-state index contributed by atoms with van der Waals surface area (Å²) in [7, 11) is 0. The molecule has 0 aliphatic heterocycles. The first-order valence-corrected chi connectivity index (χ1v) is 9.26. The van der Waals surface area contributed by atoms with E-state index in [0.717, 1.165) is 21.2 Å². The van der Waals surface area contributed by atoms with Gasteiger partial charge in [-0.25, -0.2) is 23.7 Å². The summed E-state index contributed by atoms with van der Waals surface area (Å²) in [6, 6.07) is 3.29. The van der Waals surface area contributed by atoms with Gasteiger partial charge >= 0.3 is 0 Å². The molecule has 3 aromatic rings. The van der Waals surface area contributed by atoms with Gasteiger partial charge in [-0.15, -0.1) is 11.3 Å². The molecule has 0 spiro atoms. The first-order valence-electron chi connectivity index (χ1n) is 7.21. The molecule has 0 atom stereocenters. The first-order chi connectivity index (χ1) is 12.1. The second-order valence-electron chi connectivity index (χ2n) is 4.84. The lowest BCUT2D eigenvalue weighted by Crippen LogP contribution is -2.30. The van der Waals surface area contributed by atoms with E-state index in [-0.39, 0.29) is 6.54 Å². The van der Waals surface area contributed by atoms with Crippen LogP contribution in [0.25, 0.3) is 10.3 Å². The predicted molar refractivity (Wildman–Crippen MR) is 94.2 cm³/mol. The van der Waals surface area contributed by atoms with Crippen LogP contribution in [0.15, 0.2) is 28.9 Å². The summed E-state index contributed by atoms with van der Waals surface area (Å²) in [5.74, 6) is -1.98. The van der Waals surface area contributed by atoms with Crippen molar-refractivity contribution in [3.8, 4) is 0 Å². The van der Waals surface area contributed by atoms with Gasteiger partial charge in [0.2, 0.25) is 0 Å². The number of benzene rings is 1. The standard InChI is InChI=1S/C15H13F2N5OS2/c1-24-15-22-13-11(25-15)12(20-7-21-13)18-5-6-19-14(23)10-8(16)3-2-4-9(10)17/h2-4,7H,5-6H2,1H3,(H,19,23)(H,18,20,21). The van der Waals surface area contributed by atoms with Crippen molar-refractivity contribution in [3.05, 3.63) is 41.7 Å². The summed E-state index contributed by atoms with van der Waals surface area (Å²) in [5, 5.41) is 5.54. The number of amides is 1. The van der Waals surface area contributed by atoms with Crippen molar-refractivity contribution in [1.82, 2.24) is 20.3 Å². The highest BCUT2D eigenvalue weighted by molar-refractivity contribution is 8.00. The SMILES string of the molecule is CSc1nc2ncnc(NCCNC(=O)c3c(F)cccc3F)c2s1. The van der Waals surface area contributed by atoms with Crippen molar-refractivity contribution in [2.24, 2.45) is 0 Å². The third-order valence-corrected chi connectivity index (χ3v) is 5.28. The predicted octanol–water partition coefficient (Wildman–Crippen LogP) is 2.93. The number of nitrogens with zero attached hydrogens (tertiary/aromatic N) is 3. The van der Waals surface area contributed by atoms with E-state index in [2.05, 4.69) is 25.6 Å². The molecule has 0 saturated carbocycles. The molecule has 0 aliphatic rings. The highest BCUT2D eigenvalue weighted by Gasteiger charge is 2.16. The number of halogens is 2. The summed E-state index contributed by atoms with van der Waals surface area (Å²) >= 11 is 2.99. The van der Waals surface area contributed by atoms with E-state index in [1.54, 1.807) is 0 Å². The van der Waals surface area contributed by atoms with E-state index in [1.165, 1.54) is 35.5 Å². The van der Waals surface area contributed by atoms with Gasteiger partial charge < -0.3 is 10.6 Å². The minimum atomic E-state index is -0.891. The minimum absolute atomic E-state index is 0.173. The number of carbonyl (C=O) groups is 1. The number of rotatable bonds is 6. The number of carbonyl (C=O) groups excluding carboxylic acids is 1. The Labute approximate surface area is 150 Å². The van der Waals surface area contributed by atoms with Gasteiger partial charge in [-0.3, -0.25) is 4.79 Å². The summed E-state index contributed by atoms with van der Waals surface area (Å²) in [6.45, 7) is 0.507. The number of thiazole rings is 1. The van der Waals surface area contributed by atoms with Crippen LogP contribution >= 0.6 is 23.1 Å². The Bertz CT molecular complexity index is 898. The van der Waals surface area contributed by atoms with Gasteiger partial charge in [-0.2, -0.15) is 0 Å². The molecule has 10 heteroatoms.